The topological polar surface area (TPSA) is 52.6 Å². The summed E-state index contributed by atoms with van der Waals surface area (Å²) in [4.78, 5) is 30.9. The van der Waals surface area contributed by atoms with E-state index in [9.17, 15) is 4.79 Å². The van der Waals surface area contributed by atoms with Crippen LogP contribution in [0.3, 0.4) is 0 Å². The Morgan fingerprint density at radius 2 is 1.74 bits per heavy atom. The molecule has 2 aromatic rings. The second-order valence-electron chi connectivity index (χ2n) is 7.56. The van der Waals surface area contributed by atoms with Crippen molar-refractivity contribution >= 4 is 33.3 Å². The summed E-state index contributed by atoms with van der Waals surface area (Å²) in [5, 5.41) is 1.07. The van der Waals surface area contributed by atoms with Gasteiger partial charge in [0.15, 0.2) is 0 Å². The van der Waals surface area contributed by atoms with Gasteiger partial charge in [-0.1, -0.05) is 19.8 Å². The molecule has 6 nitrogen and oxygen atoms in total. The lowest BCUT2D eigenvalue weighted by Gasteiger charge is -2.35. The number of hydrogen-bond donors (Lipinski definition) is 0. The van der Waals surface area contributed by atoms with E-state index in [-0.39, 0.29) is 5.91 Å². The summed E-state index contributed by atoms with van der Waals surface area (Å²) in [6.07, 6.45) is 6.34. The number of aryl methyl sites for hydroxylation is 1. The van der Waals surface area contributed by atoms with Crippen molar-refractivity contribution in [1.82, 2.24) is 19.8 Å². The van der Waals surface area contributed by atoms with Crippen LogP contribution in [0.4, 0.5) is 5.82 Å². The van der Waals surface area contributed by atoms with Crippen LogP contribution in [0, 0.1) is 6.92 Å². The summed E-state index contributed by atoms with van der Waals surface area (Å²) < 4.78 is 0. The van der Waals surface area contributed by atoms with E-state index in [1.54, 1.807) is 6.33 Å². The van der Waals surface area contributed by atoms with Crippen LogP contribution in [-0.2, 0) is 0 Å². The van der Waals surface area contributed by atoms with Gasteiger partial charge in [-0.05, 0) is 31.9 Å². The molecule has 2 aromatic heterocycles. The third-order valence-electron chi connectivity index (χ3n) is 5.91. The predicted molar refractivity (Wildman–Crippen MR) is 111 cm³/mol. The van der Waals surface area contributed by atoms with Gasteiger partial charge in [0.05, 0.1) is 10.3 Å². The van der Waals surface area contributed by atoms with Gasteiger partial charge >= 0.3 is 0 Å². The van der Waals surface area contributed by atoms with Gasteiger partial charge in [-0.15, -0.1) is 11.3 Å². The van der Waals surface area contributed by atoms with E-state index in [0.717, 1.165) is 85.1 Å². The number of fused-ring (bicyclic) bond motifs is 1. The molecule has 0 bridgehead atoms. The lowest BCUT2D eigenvalue weighted by molar-refractivity contribution is 0.0766. The molecule has 4 heterocycles. The van der Waals surface area contributed by atoms with Crippen LogP contribution in [0.1, 0.15) is 47.8 Å². The van der Waals surface area contributed by atoms with Crippen LogP contribution in [0.2, 0.25) is 0 Å². The van der Waals surface area contributed by atoms with E-state index >= 15 is 0 Å². The lowest BCUT2D eigenvalue weighted by atomic mass is 10.1. The molecule has 4 rings (SSSR count). The first-order valence-corrected chi connectivity index (χ1v) is 11.0. The second kappa shape index (κ2) is 8.10. The van der Waals surface area contributed by atoms with Gasteiger partial charge in [-0.2, -0.15) is 0 Å². The first kappa shape index (κ1) is 18.6. The van der Waals surface area contributed by atoms with Crippen LogP contribution in [-0.4, -0.2) is 71.5 Å². The summed E-state index contributed by atoms with van der Waals surface area (Å²) in [6, 6.07) is 0. The molecule has 2 saturated heterocycles. The fourth-order valence-corrected chi connectivity index (χ4v) is 5.30. The molecule has 0 aromatic carbocycles. The van der Waals surface area contributed by atoms with Crippen LogP contribution >= 0.6 is 11.3 Å². The number of likely N-dealkylation sites (tertiary alicyclic amines) is 1. The molecule has 0 N–H and O–H groups in total. The summed E-state index contributed by atoms with van der Waals surface area (Å²) >= 11 is 1.54. The quantitative estimate of drug-likeness (QED) is 0.810. The molecule has 7 heteroatoms. The standard InChI is InChI=1S/C20H29N5OS/c1-3-23-10-12-24(13-11-23)18-16-15(2)17(27-19(16)22-14-21-18)20(26)25-8-6-4-5-7-9-25/h14H,3-13H2,1-2H3. The largest absolute Gasteiger partial charge is 0.353 e. The normalized spacial score (nSPS) is 19.5. The van der Waals surface area contributed by atoms with Gasteiger partial charge in [-0.3, -0.25) is 4.79 Å². The maximum atomic E-state index is 13.2. The predicted octanol–water partition coefficient (Wildman–Crippen LogP) is 3.16. The van der Waals surface area contributed by atoms with Crippen LogP contribution in [0.5, 0.6) is 0 Å². The van der Waals surface area contributed by atoms with Gasteiger partial charge in [0.25, 0.3) is 5.91 Å². The van der Waals surface area contributed by atoms with Crippen molar-refractivity contribution in [2.75, 3.05) is 50.7 Å². The summed E-state index contributed by atoms with van der Waals surface area (Å²) in [6.45, 7) is 11.2. The molecule has 0 aliphatic carbocycles. The number of anilines is 1. The molecule has 2 aliphatic heterocycles. The van der Waals surface area contributed by atoms with Gasteiger partial charge in [-0.25, -0.2) is 9.97 Å². The maximum Gasteiger partial charge on any atom is 0.264 e. The molecule has 27 heavy (non-hydrogen) atoms. The Morgan fingerprint density at radius 3 is 2.41 bits per heavy atom. The van der Waals surface area contributed by atoms with Crippen LogP contribution < -0.4 is 4.90 Å². The van der Waals surface area contributed by atoms with Gasteiger partial charge in [0.1, 0.15) is 17.0 Å². The number of nitrogens with zero attached hydrogens (tertiary/aromatic N) is 5. The number of aromatic nitrogens is 2. The smallest absolute Gasteiger partial charge is 0.264 e. The SMILES string of the molecule is CCN1CCN(c2ncnc3sc(C(=O)N4CCCCCC4)c(C)c23)CC1. The minimum atomic E-state index is 0.180. The molecule has 0 radical (unpaired) electrons. The number of piperazine rings is 1. The monoisotopic (exact) mass is 387 g/mol. The number of hydrogen-bond acceptors (Lipinski definition) is 6. The van der Waals surface area contributed by atoms with E-state index < -0.39 is 0 Å². The van der Waals surface area contributed by atoms with Crippen molar-refractivity contribution in [1.29, 1.82) is 0 Å². The molecule has 0 unspecified atom stereocenters. The number of likely N-dealkylation sites (N-methyl/N-ethyl adjacent to an activating group) is 1. The van der Waals surface area contributed by atoms with Crippen LogP contribution in [0.15, 0.2) is 6.33 Å². The number of carbonyl (C=O) groups is 1. The van der Waals surface area contributed by atoms with E-state index in [2.05, 4.69) is 33.6 Å². The van der Waals surface area contributed by atoms with Crippen molar-refractivity contribution in [3.8, 4) is 0 Å². The highest BCUT2D eigenvalue weighted by atomic mass is 32.1. The number of thiophene rings is 1. The molecular weight excluding hydrogens is 358 g/mol. The van der Waals surface area contributed by atoms with Crippen LogP contribution in [0.25, 0.3) is 10.2 Å². The van der Waals surface area contributed by atoms with Crippen molar-refractivity contribution < 1.29 is 4.79 Å². The molecular formula is C20H29N5OS. The van der Waals surface area contributed by atoms with Crippen molar-refractivity contribution in [2.45, 2.75) is 39.5 Å². The Kier molecular flexibility index (Phi) is 5.59. The van der Waals surface area contributed by atoms with E-state index in [4.69, 9.17) is 0 Å². The Balaban J connectivity index is 1.65. The van der Waals surface area contributed by atoms with Crippen molar-refractivity contribution in [2.24, 2.45) is 0 Å². The minimum absolute atomic E-state index is 0.180. The Hall–Kier alpha value is -1.73. The van der Waals surface area contributed by atoms with E-state index in [1.807, 2.05) is 4.90 Å². The number of carbonyl (C=O) groups excluding carboxylic acids is 1. The Bertz CT molecular complexity index is 804. The lowest BCUT2D eigenvalue weighted by Crippen LogP contribution is -2.46. The highest BCUT2D eigenvalue weighted by molar-refractivity contribution is 7.20. The average Bonchev–Trinajstić information content (AvgIpc) is 2.88. The summed E-state index contributed by atoms with van der Waals surface area (Å²) in [5.74, 6) is 1.18. The molecule has 1 amide bonds. The van der Waals surface area contributed by atoms with Crippen molar-refractivity contribution in [3.63, 3.8) is 0 Å². The summed E-state index contributed by atoms with van der Waals surface area (Å²) in [7, 11) is 0. The Labute approximate surface area is 165 Å². The molecule has 146 valence electrons. The maximum absolute atomic E-state index is 13.2. The highest BCUT2D eigenvalue weighted by Gasteiger charge is 2.26. The first-order valence-electron chi connectivity index (χ1n) is 10.2. The zero-order valence-electron chi connectivity index (χ0n) is 16.4. The molecule has 0 atom stereocenters. The first-order chi connectivity index (χ1) is 13.2. The number of rotatable bonds is 3. The molecule has 2 fully saturated rings. The summed E-state index contributed by atoms with van der Waals surface area (Å²) in [5.41, 5.74) is 1.05. The highest BCUT2D eigenvalue weighted by Crippen LogP contribution is 2.36. The fourth-order valence-electron chi connectivity index (χ4n) is 4.19. The third-order valence-corrected chi connectivity index (χ3v) is 7.10. The molecule has 0 saturated carbocycles. The number of amides is 1. The Morgan fingerprint density at radius 1 is 1.04 bits per heavy atom. The molecule has 0 spiro atoms. The van der Waals surface area contributed by atoms with E-state index in [1.165, 1.54) is 24.2 Å². The third kappa shape index (κ3) is 3.67. The second-order valence-corrected chi connectivity index (χ2v) is 8.56. The average molecular weight is 388 g/mol. The van der Waals surface area contributed by atoms with Gasteiger partial charge in [0.2, 0.25) is 0 Å². The molecule has 2 aliphatic rings. The van der Waals surface area contributed by atoms with Gasteiger partial charge < -0.3 is 14.7 Å². The zero-order valence-corrected chi connectivity index (χ0v) is 17.2. The van der Waals surface area contributed by atoms with Gasteiger partial charge in [0, 0.05) is 39.3 Å². The fraction of sp³-hybridized carbons (Fsp3) is 0.650. The van der Waals surface area contributed by atoms with E-state index in [0.29, 0.717) is 0 Å². The minimum Gasteiger partial charge on any atom is -0.353 e. The van der Waals surface area contributed by atoms with Crippen molar-refractivity contribution in [3.05, 3.63) is 16.8 Å². The zero-order chi connectivity index (χ0) is 18.8.